The second-order valence-electron chi connectivity index (χ2n) is 6.76. The smallest absolute Gasteiger partial charge is 0.0174 e. The monoisotopic (exact) mass is 293 g/mol. The molecular formula is C20H39N. The van der Waals surface area contributed by atoms with Crippen molar-refractivity contribution in [3.63, 3.8) is 0 Å². The predicted molar refractivity (Wildman–Crippen MR) is 95.6 cm³/mol. The lowest BCUT2D eigenvalue weighted by atomic mass is 10.1. The molecule has 1 saturated heterocycles. The van der Waals surface area contributed by atoms with E-state index in [1.165, 1.54) is 103 Å². The third-order valence-electron chi connectivity index (χ3n) is 4.74. The molecule has 0 N–H and O–H groups in total. The van der Waals surface area contributed by atoms with Gasteiger partial charge in [-0.3, -0.25) is 0 Å². The van der Waals surface area contributed by atoms with E-state index in [0.717, 1.165) is 0 Å². The average molecular weight is 294 g/mol. The molecule has 1 rings (SSSR count). The van der Waals surface area contributed by atoms with Gasteiger partial charge in [-0.05, 0) is 38.5 Å². The Bertz CT molecular complexity index is 257. The number of rotatable bonds is 11. The molecule has 0 amide bonds. The summed E-state index contributed by atoms with van der Waals surface area (Å²) in [6.07, 6.45) is 22.1. The quantitative estimate of drug-likeness (QED) is 0.384. The summed E-state index contributed by atoms with van der Waals surface area (Å²) in [6, 6.07) is 0. The Morgan fingerprint density at radius 1 is 0.810 bits per heavy atom. The minimum Gasteiger partial charge on any atom is -0.375 e. The van der Waals surface area contributed by atoms with Gasteiger partial charge in [0.15, 0.2) is 0 Å². The average Bonchev–Trinajstić information content (AvgIpc) is 2.73. The van der Waals surface area contributed by atoms with E-state index >= 15 is 0 Å². The van der Waals surface area contributed by atoms with Crippen molar-refractivity contribution in [2.24, 2.45) is 0 Å². The van der Waals surface area contributed by atoms with Crippen LogP contribution in [0, 0.1) is 0 Å². The van der Waals surface area contributed by atoms with E-state index < -0.39 is 0 Å². The Kier molecular flexibility index (Phi) is 11.7. The summed E-state index contributed by atoms with van der Waals surface area (Å²) in [5, 5.41) is 0. The van der Waals surface area contributed by atoms with Crippen LogP contribution in [0.15, 0.2) is 11.8 Å². The van der Waals surface area contributed by atoms with Gasteiger partial charge in [-0.2, -0.15) is 0 Å². The minimum atomic E-state index is 1.29. The van der Waals surface area contributed by atoms with Crippen LogP contribution in [0.5, 0.6) is 0 Å². The van der Waals surface area contributed by atoms with Gasteiger partial charge < -0.3 is 4.90 Å². The van der Waals surface area contributed by atoms with Crippen LogP contribution in [-0.2, 0) is 0 Å². The third-order valence-corrected chi connectivity index (χ3v) is 4.74. The Morgan fingerprint density at radius 2 is 1.52 bits per heavy atom. The van der Waals surface area contributed by atoms with Crippen molar-refractivity contribution in [1.29, 1.82) is 0 Å². The van der Waals surface area contributed by atoms with Gasteiger partial charge in [0.1, 0.15) is 0 Å². The first kappa shape index (κ1) is 18.6. The first-order valence-corrected chi connectivity index (χ1v) is 9.82. The van der Waals surface area contributed by atoms with Crippen molar-refractivity contribution in [3.05, 3.63) is 11.8 Å². The fourth-order valence-corrected chi connectivity index (χ4v) is 3.29. The van der Waals surface area contributed by atoms with Crippen LogP contribution in [0.2, 0.25) is 0 Å². The highest BCUT2D eigenvalue weighted by Crippen LogP contribution is 2.21. The molecule has 1 nitrogen and oxygen atoms in total. The topological polar surface area (TPSA) is 3.24 Å². The molecule has 1 heterocycles. The molecule has 0 spiro atoms. The van der Waals surface area contributed by atoms with Crippen LogP contribution in [0.1, 0.15) is 104 Å². The van der Waals surface area contributed by atoms with Crippen molar-refractivity contribution < 1.29 is 0 Å². The fourth-order valence-electron chi connectivity index (χ4n) is 3.29. The molecule has 1 fully saturated rings. The highest BCUT2D eigenvalue weighted by atomic mass is 15.1. The lowest BCUT2D eigenvalue weighted by Crippen LogP contribution is -2.24. The molecule has 21 heavy (non-hydrogen) atoms. The molecule has 1 aliphatic heterocycles. The van der Waals surface area contributed by atoms with E-state index in [9.17, 15) is 0 Å². The number of hydrogen-bond acceptors (Lipinski definition) is 1. The molecule has 0 aromatic heterocycles. The zero-order chi connectivity index (χ0) is 15.2. The molecule has 1 heteroatoms. The van der Waals surface area contributed by atoms with Crippen LogP contribution in [0.4, 0.5) is 0 Å². The second-order valence-corrected chi connectivity index (χ2v) is 6.76. The second kappa shape index (κ2) is 13.2. The lowest BCUT2D eigenvalue weighted by molar-refractivity contribution is 0.336. The van der Waals surface area contributed by atoms with Gasteiger partial charge in [-0.1, -0.05) is 71.3 Å². The highest BCUT2D eigenvalue weighted by Gasteiger charge is 2.12. The Hall–Kier alpha value is -0.460. The molecule has 1 aliphatic rings. The van der Waals surface area contributed by atoms with E-state index in [4.69, 9.17) is 0 Å². The molecule has 0 unspecified atom stereocenters. The number of hydrogen-bond donors (Lipinski definition) is 0. The van der Waals surface area contributed by atoms with Gasteiger partial charge in [0.2, 0.25) is 0 Å². The van der Waals surface area contributed by atoms with Gasteiger partial charge >= 0.3 is 0 Å². The van der Waals surface area contributed by atoms with Gasteiger partial charge in [0.05, 0.1) is 0 Å². The van der Waals surface area contributed by atoms with Crippen LogP contribution in [-0.4, -0.2) is 18.0 Å². The first-order valence-electron chi connectivity index (χ1n) is 9.82. The van der Waals surface area contributed by atoms with Crippen molar-refractivity contribution in [3.8, 4) is 0 Å². The highest BCUT2D eigenvalue weighted by molar-refractivity contribution is 5.02. The Morgan fingerprint density at radius 3 is 2.29 bits per heavy atom. The summed E-state index contributed by atoms with van der Waals surface area (Å²) in [5.41, 5.74) is 1.67. The molecule has 0 aromatic rings. The number of allylic oxidation sites excluding steroid dienone is 2. The van der Waals surface area contributed by atoms with Crippen LogP contribution >= 0.6 is 0 Å². The zero-order valence-electron chi connectivity index (χ0n) is 14.8. The van der Waals surface area contributed by atoms with E-state index in [0.29, 0.717) is 0 Å². The first-order chi connectivity index (χ1) is 10.4. The molecule has 0 bridgehead atoms. The van der Waals surface area contributed by atoms with Gasteiger partial charge in [-0.25, -0.2) is 0 Å². The number of likely N-dealkylation sites (tertiary alicyclic amines) is 1. The number of nitrogens with zero attached hydrogens (tertiary/aromatic N) is 1. The van der Waals surface area contributed by atoms with Crippen molar-refractivity contribution >= 4 is 0 Å². The van der Waals surface area contributed by atoms with Crippen molar-refractivity contribution in [1.82, 2.24) is 4.90 Å². The molecular weight excluding hydrogens is 254 g/mol. The van der Waals surface area contributed by atoms with E-state index in [1.807, 2.05) is 0 Å². The molecule has 124 valence electrons. The van der Waals surface area contributed by atoms with E-state index in [2.05, 4.69) is 24.8 Å². The maximum Gasteiger partial charge on any atom is 0.0174 e. The molecule has 0 atom stereocenters. The van der Waals surface area contributed by atoms with E-state index in [-0.39, 0.29) is 0 Å². The molecule has 0 aliphatic carbocycles. The summed E-state index contributed by atoms with van der Waals surface area (Å²) in [4.78, 5) is 2.69. The van der Waals surface area contributed by atoms with Crippen LogP contribution in [0.25, 0.3) is 0 Å². The summed E-state index contributed by atoms with van der Waals surface area (Å²) >= 11 is 0. The van der Waals surface area contributed by atoms with Crippen LogP contribution < -0.4 is 0 Å². The lowest BCUT2D eigenvalue weighted by Gasteiger charge is -2.25. The SMILES string of the molecule is CCCCCCCCCC=C1CCCCCN1CCCC. The fraction of sp³-hybridized carbons (Fsp3) is 0.900. The Labute approximate surface area is 134 Å². The summed E-state index contributed by atoms with van der Waals surface area (Å²) in [5.74, 6) is 0. The maximum atomic E-state index is 2.69. The largest absolute Gasteiger partial charge is 0.375 e. The standard InChI is InChI=1S/C20H39N/c1-3-5-7-8-9-10-11-13-16-20-17-14-12-15-19-21(20)18-6-4-2/h16H,3-15,17-19H2,1-2H3. The predicted octanol–water partition coefficient (Wildman–Crippen LogP) is 6.69. The molecule has 0 radical (unpaired) electrons. The van der Waals surface area contributed by atoms with Gasteiger partial charge in [0, 0.05) is 18.8 Å². The zero-order valence-corrected chi connectivity index (χ0v) is 14.8. The van der Waals surface area contributed by atoms with Crippen molar-refractivity contribution in [2.45, 2.75) is 104 Å². The summed E-state index contributed by atoms with van der Waals surface area (Å²) < 4.78 is 0. The number of unbranched alkanes of at least 4 members (excludes halogenated alkanes) is 8. The maximum absolute atomic E-state index is 2.69. The molecule has 0 aromatic carbocycles. The third kappa shape index (κ3) is 9.22. The van der Waals surface area contributed by atoms with Crippen molar-refractivity contribution in [2.75, 3.05) is 13.1 Å². The Balaban J connectivity index is 2.20. The minimum absolute atomic E-state index is 1.29. The van der Waals surface area contributed by atoms with Crippen LogP contribution in [0.3, 0.4) is 0 Å². The normalized spacial score (nSPS) is 18.2. The van der Waals surface area contributed by atoms with Gasteiger partial charge in [0.25, 0.3) is 0 Å². The summed E-state index contributed by atoms with van der Waals surface area (Å²) in [6.45, 7) is 7.20. The summed E-state index contributed by atoms with van der Waals surface area (Å²) in [7, 11) is 0. The van der Waals surface area contributed by atoms with Gasteiger partial charge in [-0.15, -0.1) is 0 Å². The van der Waals surface area contributed by atoms with E-state index in [1.54, 1.807) is 5.70 Å². The molecule has 0 saturated carbocycles.